The summed E-state index contributed by atoms with van der Waals surface area (Å²) in [5.74, 6) is 0.979. The van der Waals surface area contributed by atoms with Gasteiger partial charge in [-0.05, 0) is 30.3 Å². The zero-order valence-corrected chi connectivity index (χ0v) is 16.9. The Morgan fingerprint density at radius 2 is 1.70 bits per heavy atom. The molecule has 0 aromatic heterocycles. The first-order valence-electron chi connectivity index (χ1n) is 8.19. The summed E-state index contributed by atoms with van der Waals surface area (Å²) in [6.07, 6.45) is 0. The van der Waals surface area contributed by atoms with Crippen molar-refractivity contribution in [3.63, 3.8) is 0 Å². The van der Waals surface area contributed by atoms with Crippen LogP contribution in [-0.2, 0) is 16.6 Å². The molecule has 2 aromatic carbocycles. The van der Waals surface area contributed by atoms with E-state index in [1.807, 2.05) is 6.07 Å². The number of hydrogen-bond acceptors (Lipinski definition) is 5. The minimum Gasteiger partial charge on any atom is -0.497 e. The number of methoxy groups -OCH3 is 2. The highest BCUT2D eigenvalue weighted by molar-refractivity contribution is 7.89. The van der Waals surface area contributed by atoms with Gasteiger partial charge in [0, 0.05) is 44.9 Å². The number of rotatable bonds is 7. The van der Waals surface area contributed by atoms with Crippen molar-refractivity contribution in [3.05, 3.63) is 53.6 Å². The van der Waals surface area contributed by atoms with E-state index >= 15 is 0 Å². The highest BCUT2D eigenvalue weighted by Gasteiger charge is 2.20. The maximum Gasteiger partial charge on any atom is 0.253 e. The molecule has 0 aliphatic carbocycles. The van der Waals surface area contributed by atoms with E-state index in [1.165, 1.54) is 31.1 Å². The minimum atomic E-state index is -3.61. The number of amides is 1. The van der Waals surface area contributed by atoms with Crippen LogP contribution in [0.4, 0.5) is 0 Å². The summed E-state index contributed by atoms with van der Waals surface area (Å²) in [6, 6.07) is 11.4. The van der Waals surface area contributed by atoms with Crippen LogP contribution in [0.2, 0.25) is 0 Å². The first kappa shape index (κ1) is 20.7. The molecule has 7 nitrogen and oxygen atoms in total. The van der Waals surface area contributed by atoms with E-state index < -0.39 is 10.0 Å². The minimum absolute atomic E-state index is 0.0776. The lowest BCUT2D eigenvalue weighted by Crippen LogP contribution is -2.27. The van der Waals surface area contributed by atoms with Crippen LogP contribution in [0.25, 0.3) is 0 Å². The highest BCUT2D eigenvalue weighted by Crippen LogP contribution is 2.26. The Kier molecular flexibility index (Phi) is 6.45. The van der Waals surface area contributed by atoms with Crippen molar-refractivity contribution in [2.75, 3.05) is 35.4 Å². The molecular weight excluding hydrogens is 368 g/mol. The van der Waals surface area contributed by atoms with E-state index in [0.29, 0.717) is 23.6 Å². The molecule has 8 heteroatoms. The van der Waals surface area contributed by atoms with Gasteiger partial charge in [-0.2, -0.15) is 0 Å². The SMILES string of the molecule is COc1ccc(CN(C)C(=O)c2cccc(S(=O)(=O)N(C)C)c2)c(OC)c1. The molecule has 0 atom stereocenters. The molecule has 0 bridgehead atoms. The third-order valence-corrected chi connectivity index (χ3v) is 5.92. The second-order valence-electron chi connectivity index (χ2n) is 6.15. The Hall–Kier alpha value is -2.58. The fourth-order valence-corrected chi connectivity index (χ4v) is 3.48. The summed E-state index contributed by atoms with van der Waals surface area (Å²) in [6.45, 7) is 0.302. The Bertz CT molecular complexity index is 925. The van der Waals surface area contributed by atoms with E-state index in [0.717, 1.165) is 9.87 Å². The van der Waals surface area contributed by atoms with E-state index in [4.69, 9.17) is 9.47 Å². The lowest BCUT2D eigenvalue weighted by Gasteiger charge is -2.20. The third-order valence-electron chi connectivity index (χ3n) is 4.11. The molecule has 146 valence electrons. The fourth-order valence-electron chi connectivity index (χ4n) is 2.53. The van der Waals surface area contributed by atoms with Crippen molar-refractivity contribution in [1.29, 1.82) is 0 Å². The smallest absolute Gasteiger partial charge is 0.253 e. The average molecular weight is 392 g/mol. The van der Waals surface area contributed by atoms with Gasteiger partial charge >= 0.3 is 0 Å². The average Bonchev–Trinajstić information content (AvgIpc) is 2.67. The summed E-state index contributed by atoms with van der Waals surface area (Å²) < 4.78 is 36.2. The van der Waals surface area contributed by atoms with Gasteiger partial charge in [0.1, 0.15) is 11.5 Å². The molecule has 0 radical (unpaired) electrons. The monoisotopic (exact) mass is 392 g/mol. The maximum absolute atomic E-state index is 12.8. The van der Waals surface area contributed by atoms with E-state index in [1.54, 1.807) is 45.5 Å². The van der Waals surface area contributed by atoms with E-state index in [9.17, 15) is 13.2 Å². The topological polar surface area (TPSA) is 76.2 Å². The summed E-state index contributed by atoms with van der Waals surface area (Å²) in [5, 5.41) is 0. The van der Waals surface area contributed by atoms with Gasteiger partial charge in [-0.3, -0.25) is 4.79 Å². The third kappa shape index (κ3) is 4.58. The standard InChI is InChI=1S/C19H24N2O5S/c1-20(2)27(23,24)17-8-6-7-14(11-17)19(22)21(3)13-15-9-10-16(25-4)12-18(15)26-5/h6-12H,13H2,1-5H3. The zero-order valence-electron chi connectivity index (χ0n) is 16.1. The molecule has 0 aliphatic heterocycles. The van der Waals surface area contributed by atoms with Crippen LogP contribution in [-0.4, -0.2) is 58.9 Å². The zero-order chi connectivity index (χ0) is 20.2. The molecule has 1 amide bonds. The fraction of sp³-hybridized carbons (Fsp3) is 0.316. The molecule has 2 rings (SSSR count). The molecule has 0 saturated heterocycles. The Labute approximate surface area is 160 Å². The number of sulfonamides is 1. The number of carbonyl (C=O) groups is 1. The molecule has 0 saturated carbocycles. The number of hydrogen-bond donors (Lipinski definition) is 0. The van der Waals surface area contributed by atoms with Crippen molar-refractivity contribution in [3.8, 4) is 11.5 Å². The predicted molar refractivity (Wildman–Crippen MR) is 103 cm³/mol. The quantitative estimate of drug-likeness (QED) is 0.722. The molecule has 0 aliphatic rings. The van der Waals surface area contributed by atoms with Gasteiger partial charge in [-0.1, -0.05) is 6.07 Å². The van der Waals surface area contributed by atoms with E-state index in [2.05, 4.69) is 0 Å². The first-order valence-corrected chi connectivity index (χ1v) is 9.63. The molecule has 2 aromatic rings. The summed E-state index contributed by atoms with van der Waals surface area (Å²) in [5.41, 5.74) is 1.11. The number of benzene rings is 2. The number of ether oxygens (including phenoxy) is 2. The number of nitrogens with zero attached hydrogens (tertiary/aromatic N) is 2. The van der Waals surface area contributed by atoms with Crippen LogP contribution in [0.15, 0.2) is 47.4 Å². The molecular formula is C19H24N2O5S. The highest BCUT2D eigenvalue weighted by atomic mass is 32.2. The molecule has 0 heterocycles. The molecule has 0 unspecified atom stereocenters. The Morgan fingerprint density at radius 3 is 2.30 bits per heavy atom. The van der Waals surface area contributed by atoms with Crippen molar-refractivity contribution < 1.29 is 22.7 Å². The van der Waals surface area contributed by atoms with Gasteiger partial charge in [-0.15, -0.1) is 0 Å². The van der Waals surface area contributed by atoms with Crippen LogP contribution >= 0.6 is 0 Å². The molecule has 0 spiro atoms. The van der Waals surface area contributed by atoms with Crippen LogP contribution in [0.5, 0.6) is 11.5 Å². The summed E-state index contributed by atoms with van der Waals surface area (Å²) in [7, 11) is 4.06. The van der Waals surface area contributed by atoms with Gasteiger partial charge in [0.15, 0.2) is 0 Å². The Morgan fingerprint density at radius 1 is 1.00 bits per heavy atom. The van der Waals surface area contributed by atoms with Crippen molar-refractivity contribution in [2.24, 2.45) is 0 Å². The van der Waals surface area contributed by atoms with Crippen LogP contribution in [0.3, 0.4) is 0 Å². The van der Waals surface area contributed by atoms with Crippen LogP contribution in [0.1, 0.15) is 15.9 Å². The van der Waals surface area contributed by atoms with Crippen molar-refractivity contribution in [1.82, 2.24) is 9.21 Å². The second kappa shape index (κ2) is 8.41. The normalized spacial score (nSPS) is 11.3. The Balaban J connectivity index is 2.26. The van der Waals surface area contributed by atoms with Gasteiger partial charge in [0.05, 0.1) is 19.1 Å². The largest absolute Gasteiger partial charge is 0.497 e. The predicted octanol–water partition coefficient (Wildman–Crippen LogP) is 2.23. The molecule has 0 fully saturated rings. The first-order chi connectivity index (χ1) is 12.7. The summed E-state index contributed by atoms with van der Waals surface area (Å²) >= 11 is 0. The van der Waals surface area contributed by atoms with Gasteiger partial charge in [0.25, 0.3) is 5.91 Å². The van der Waals surface area contributed by atoms with Crippen molar-refractivity contribution >= 4 is 15.9 Å². The second-order valence-corrected chi connectivity index (χ2v) is 8.31. The van der Waals surface area contributed by atoms with Gasteiger partial charge < -0.3 is 14.4 Å². The number of carbonyl (C=O) groups excluding carboxylic acids is 1. The lowest BCUT2D eigenvalue weighted by atomic mass is 10.1. The van der Waals surface area contributed by atoms with Crippen LogP contribution in [0, 0.1) is 0 Å². The maximum atomic E-state index is 12.8. The lowest BCUT2D eigenvalue weighted by molar-refractivity contribution is 0.0784. The van der Waals surface area contributed by atoms with Crippen LogP contribution < -0.4 is 9.47 Å². The van der Waals surface area contributed by atoms with Gasteiger partial charge in [0.2, 0.25) is 10.0 Å². The van der Waals surface area contributed by atoms with Crippen molar-refractivity contribution in [2.45, 2.75) is 11.4 Å². The van der Waals surface area contributed by atoms with E-state index in [-0.39, 0.29) is 10.8 Å². The summed E-state index contributed by atoms with van der Waals surface area (Å²) in [4.78, 5) is 14.4. The molecule has 0 N–H and O–H groups in total. The van der Waals surface area contributed by atoms with Gasteiger partial charge in [-0.25, -0.2) is 12.7 Å². The molecule has 27 heavy (non-hydrogen) atoms.